The highest BCUT2D eigenvalue weighted by Crippen LogP contribution is 2.29. The molecule has 2 aromatic rings. The fourth-order valence-electron chi connectivity index (χ4n) is 3.17. The molecule has 0 saturated carbocycles. The van der Waals surface area contributed by atoms with E-state index in [2.05, 4.69) is 28.8 Å². The zero-order valence-electron chi connectivity index (χ0n) is 14.2. The molecule has 2 heterocycles. The molecule has 2 amide bonds. The van der Waals surface area contributed by atoms with E-state index >= 15 is 0 Å². The molecule has 1 atom stereocenters. The van der Waals surface area contributed by atoms with E-state index in [0.717, 1.165) is 30.5 Å². The number of nitrogens with zero attached hydrogens (tertiary/aromatic N) is 3. The van der Waals surface area contributed by atoms with Crippen molar-refractivity contribution in [3.8, 4) is 0 Å². The molecule has 24 heavy (non-hydrogen) atoms. The molecule has 0 aromatic carbocycles. The van der Waals surface area contributed by atoms with E-state index in [1.807, 2.05) is 17.9 Å². The van der Waals surface area contributed by atoms with Crippen LogP contribution < -0.4 is 5.32 Å². The third kappa shape index (κ3) is 3.47. The highest BCUT2D eigenvalue weighted by atomic mass is 32.1. The molecule has 0 spiro atoms. The molecule has 130 valence electrons. The van der Waals surface area contributed by atoms with Gasteiger partial charge in [-0.3, -0.25) is 4.68 Å². The first-order chi connectivity index (χ1) is 11.6. The number of carbonyl (C=O) groups is 1. The normalized spacial score (nSPS) is 16.7. The topological polar surface area (TPSA) is 70.4 Å². The summed E-state index contributed by atoms with van der Waals surface area (Å²) in [7, 11) is 1.83. The van der Waals surface area contributed by atoms with Crippen molar-refractivity contribution in [2.45, 2.75) is 45.3 Å². The number of urea groups is 1. The number of hydrogen-bond donors (Lipinski definition) is 2. The van der Waals surface area contributed by atoms with Gasteiger partial charge in [-0.2, -0.15) is 5.10 Å². The van der Waals surface area contributed by atoms with Gasteiger partial charge in [0.05, 0.1) is 31.9 Å². The Morgan fingerprint density at radius 1 is 1.58 bits per heavy atom. The van der Waals surface area contributed by atoms with Gasteiger partial charge < -0.3 is 15.3 Å². The number of hydrogen-bond acceptors (Lipinski definition) is 4. The van der Waals surface area contributed by atoms with Crippen LogP contribution in [0.25, 0.3) is 0 Å². The smallest absolute Gasteiger partial charge is 0.317 e. The Hall–Kier alpha value is -1.86. The maximum Gasteiger partial charge on any atom is 0.317 e. The number of aromatic nitrogens is 2. The number of aliphatic hydroxyl groups is 1. The summed E-state index contributed by atoms with van der Waals surface area (Å²) in [6.45, 7) is 3.28. The Balaban J connectivity index is 1.66. The molecule has 0 fully saturated rings. The lowest BCUT2D eigenvalue weighted by Gasteiger charge is -2.27. The second kappa shape index (κ2) is 7.36. The van der Waals surface area contributed by atoms with Gasteiger partial charge in [0.15, 0.2) is 0 Å². The van der Waals surface area contributed by atoms with Crippen LogP contribution in [0.3, 0.4) is 0 Å². The highest BCUT2D eigenvalue weighted by Gasteiger charge is 2.26. The third-order valence-corrected chi connectivity index (χ3v) is 5.58. The molecule has 7 heteroatoms. The molecule has 0 aliphatic heterocycles. The molecule has 3 rings (SSSR count). The van der Waals surface area contributed by atoms with Crippen molar-refractivity contribution in [2.75, 3.05) is 13.7 Å². The number of aryl methyl sites for hydroxylation is 1. The average molecular weight is 348 g/mol. The van der Waals surface area contributed by atoms with Crippen LogP contribution in [-0.2, 0) is 19.5 Å². The number of fused-ring (bicyclic) bond motifs is 1. The summed E-state index contributed by atoms with van der Waals surface area (Å²) < 4.78 is 1.85. The van der Waals surface area contributed by atoms with Gasteiger partial charge in [0, 0.05) is 23.2 Å². The van der Waals surface area contributed by atoms with Gasteiger partial charge in [-0.15, -0.1) is 11.3 Å². The fourth-order valence-corrected chi connectivity index (χ4v) is 4.13. The monoisotopic (exact) mass is 348 g/mol. The molecule has 0 bridgehead atoms. The zero-order valence-corrected chi connectivity index (χ0v) is 15.0. The van der Waals surface area contributed by atoms with Crippen LogP contribution in [0.5, 0.6) is 0 Å². The fraction of sp³-hybridized carbons (Fsp3) is 0.529. The minimum Gasteiger partial charge on any atom is -0.394 e. The summed E-state index contributed by atoms with van der Waals surface area (Å²) in [5.74, 6) is 0. The Morgan fingerprint density at radius 2 is 2.42 bits per heavy atom. The van der Waals surface area contributed by atoms with Crippen LogP contribution >= 0.6 is 11.3 Å². The summed E-state index contributed by atoms with van der Waals surface area (Å²) in [5, 5.41) is 18.7. The summed E-state index contributed by atoms with van der Waals surface area (Å²) in [5.41, 5.74) is 3.45. The van der Waals surface area contributed by atoms with Gasteiger partial charge in [0.25, 0.3) is 0 Å². The van der Waals surface area contributed by atoms with Gasteiger partial charge in [0.2, 0.25) is 0 Å². The quantitative estimate of drug-likeness (QED) is 0.872. The van der Waals surface area contributed by atoms with Crippen LogP contribution in [0.15, 0.2) is 17.6 Å². The molecule has 0 saturated heterocycles. The van der Waals surface area contributed by atoms with Crippen LogP contribution in [0, 0.1) is 6.92 Å². The second-order valence-corrected chi connectivity index (χ2v) is 7.27. The number of aliphatic hydroxyl groups excluding tert-OH is 1. The Labute approximate surface area is 146 Å². The predicted octanol–water partition coefficient (Wildman–Crippen LogP) is 2.46. The van der Waals surface area contributed by atoms with Crippen molar-refractivity contribution in [3.63, 3.8) is 0 Å². The minimum absolute atomic E-state index is 0.000533. The van der Waals surface area contributed by atoms with Crippen LogP contribution in [-0.4, -0.2) is 39.5 Å². The lowest BCUT2D eigenvalue weighted by Crippen LogP contribution is -2.40. The van der Waals surface area contributed by atoms with Crippen molar-refractivity contribution in [2.24, 2.45) is 0 Å². The largest absolute Gasteiger partial charge is 0.394 e. The Morgan fingerprint density at radius 3 is 3.12 bits per heavy atom. The van der Waals surface area contributed by atoms with Crippen molar-refractivity contribution < 1.29 is 9.90 Å². The lowest BCUT2D eigenvalue weighted by atomic mass is 9.93. The SMILES string of the molecule is Cc1ccsc1CN(C)C(=O)N[C@H]1CCCc2c1cnn2CCO. The van der Waals surface area contributed by atoms with E-state index < -0.39 is 0 Å². The molecule has 1 aliphatic carbocycles. The molecule has 1 aliphatic rings. The van der Waals surface area contributed by atoms with Gasteiger partial charge in [-0.05, 0) is 43.2 Å². The lowest BCUT2D eigenvalue weighted by molar-refractivity contribution is 0.201. The van der Waals surface area contributed by atoms with Crippen molar-refractivity contribution in [3.05, 3.63) is 39.3 Å². The Bertz CT molecular complexity index is 709. The number of carbonyl (C=O) groups excluding carboxylic acids is 1. The standard InChI is InChI=1S/C17H24N4O2S/c1-12-6-9-24-16(12)11-20(2)17(23)19-14-4-3-5-15-13(14)10-18-21(15)7-8-22/h6,9-10,14,22H,3-5,7-8,11H2,1-2H3,(H,19,23)/t14-/m0/s1. The molecule has 2 aromatic heterocycles. The molecular formula is C17H24N4O2S. The summed E-state index contributed by atoms with van der Waals surface area (Å²) in [4.78, 5) is 15.5. The van der Waals surface area contributed by atoms with Gasteiger partial charge in [0.1, 0.15) is 0 Å². The van der Waals surface area contributed by atoms with Gasteiger partial charge in [-0.1, -0.05) is 0 Å². The summed E-state index contributed by atoms with van der Waals surface area (Å²) >= 11 is 1.68. The van der Waals surface area contributed by atoms with Gasteiger partial charge >= 0.3 is 6.03 Å². The van der Waals surface area contributed by atoms with E-state index in [9.17, 15) is 4.79 Å². The van der Waals surface area contributed by atoms with E-state index in [1.54, 1.807) is 16.2 Å². The number of thiophene rings is 1. The number of amides is 2. The number of nitrogens with one attached hydrogen (secondary N) is 1. The van der Waals surface area contributed by atoms with Crippen molar-refractivity contribution in [1.29, 1.82) is 0 Å². The van der Waals surface area contributed by atoms with Crippen LogP contribution in [0.1, 0.15) is 40.6 Å². The average Bonchev–Trinajstić information content (AvgIpc) is 3.15. The van der Waals surface area contributed by atoms with E-state index in [0.29, 0.717) is 13.1 Å². The zero-order chi connectivity index (χ0) is 17.1. The first-order valence-electron chi connectivity index (χ1n) is 8.30. The molecule has 2 N–H and O–H groups in total. The maximum atomic E-state index is 12.5. The molecule has 6 nitrogen and oxygen atoms in total. The predicted molar refractivity (Wildman–Crippen MR) is 94.0 cm³/mol. The molecule has 0 unspecified atom stereocenters. The van der Waals surface area contributed by atoms with Gasteiger partial charge in [-0.25, -0.2) is 4.79 Å². The number of rotatable bonds is 5. The molecular weight excluding hydrogens is 324 g/mol. The van der Waals surface area contributed by atoms with Crippen molar-refractivity contribution >= 4 is 17.4 Å². The van der Waals surface area contributed by atoms with Crippen LogP contribution in [0.2, 0.25) is 0 Å². The molecule has 0 radical (unpaired) electrons. The summed E-state index contributed by atoms with van der Waals surface area (Å²) in [6, 6.07) is 2.02. The van der Waals surface area contributed by atoms with E-state index in [4.69, 9.17) is 5.11 Å². The second-order valence-electron chi connectivity index (χ2n) is 6.27. The minimum atomic E-state index is -0.0597. The highest BCUT2D eigenvalue weighted by molar-refractivity contribution is 7.10. The van der Waals surface area contributed by atoms with Crippen molar-refractivity contribution in [1.82, 2.24) is 20.0 Å². The maximum absolute atomic E-state index is 12.5. The summed E-state index contributed by atoms with van der Waals surface area (Å²) in [6.07, 6.45) is 4.72. The first-order valence-corrected chi connectivity index (χ1v) is 9.18. The van der Waals surface area contributed by atoms with Crippen LogP contribution in [0.4, 0.5) is 4.79 Å². The first kappa shape index (κ1) is 17.0. The van der Waals surface area contributed by atoms with E-state index in [1.165, 1.54) is 10.4 Å². The van der Waals surface area contributed by atoms with E-state index in [-0.39, 0.29) is 18.7 Å². The Kier molecular flexibility index (Phi) is 5.20. The third-order valence-electron chi connectivity index (χ3n) is 4.57.